The summed E-state index contributed by atoms with van der Waals surface area (Å²) in [5.74, 6) is 1.35. The number of hydrogen-bond donors (Lipinski definition) is 1. The lowest BCUT2D eigenvalue weighted by atomic mass is 9.97. The van der Waals surface area contributed by atoms with Gasteiger partial charge in [-0.25, -0.2) is 0 Å². The maximum Gasteiger partial charge on any atom is 0.162 e. The van der Waals surface area contributed by atoms with Crippen molar-refractivity contribution in [1.29, 1.82) is 0 Å². The molecule has 0 bridgehead atoms. The van der Waals surface area contributed by atoms with Gasteiger partial charge in [-0.2, -0.15) is 10.2 Å². The minimum absolute atomic E-state index is 0.230. The van der Waals surface area contributed by atoms with E-state index in [1.54, 1.807) is 14.2 Å². The van der Waals surface area contributed by atoms with Crippen molar-refractivity contribution < 1.29 is 9.47 Å². The number of methoxy groups -OCH3 is 2. The van der Waals surface area contributed by atoms with E-state index in [-0.39, 0.29) is 6.04 Å². The van der Waals surface area contributed by atoms with Crippen LogP contribution >= 0.6 is 0 Å². The summed E-state index contributed by atoms with van der Waals surface area (Å²) in [5.41, 5.74) is 3.18. The summed E-state index contributed by atoms with van der Waals surface area (Å²) >= 11 is 0. The van der Waals surface area contributed by atoms with E-state index in [2.05, 4.69) is 62.9 Å². The van der Waals surface area contributed by atoms with Crippen molar-refractivity contribution in [2.75, 3.05) is 38.8 Å². The van der Waals surface area contributed by atoms with Gasteiger partial charge in [-0.3, -0.25) is 0 Å². The zero-order valence-corrected chi connectivity index (χ0v) is 17.1. The zero-order valence-electron chi connectivity index (χ0n) is 17.1. The van der Waals surface area contributed by atoms with Gasteiger partial charge in [0, 0.05) is 31.1 Å². The molecular weight excluding hydrogens is 376 g/mol. The van der Waals surface area contributed by atoms with Crippen LogP contribution in [0.3, 0.4) is 0 Å². The number of nitrogens with zero attached hydrogens (tertiary/aromatic N) is 3. The average molecular weight is 400 g/mol. The molecule has 2 heterocycles. The van der Waals surface area contributed by atoms with E-state index in [1.807, 2.05) is 18.3 Å². The Kier molecular flexibility index (Phi) is 4.85. The quantitative estimate of drug-likeness (QED) is 0.560. The monoisotopic (exact) mass is 400 g/mol. The van der Waals surface area contributed by atoms with Crippen LogP contribution in [-0.4, -0.2) is 44.1 Å². The number of piperazine rings is 1. The summed E-state index contributed by atoms with van der Waals surface area (Å²) < 4.78 is 11.0. The highest BCUT2D eigenvalue weighted by molar-refractivity contribution is 5.93. The van der Waals surface area contributed by atoms with Crippen LogP contribution in [0.25, 0.3) is 21.7 Å². The molecule has 1 aliphatic rings. The fourth-order valence-corrected chi connectivity index (χ4v) is 4.35. The van der Waals surface area contributed by atoms with Gasteiger partial charge in [0.15, 0.2) is 11.5 Å². The van der Waals surface area contributed by atoms with E-state index >= 15 is 0 Å². The fourth-order valence-electron chi connectivity index (χ4n) is 4.35. The summed E-state index contributed by atoms with van der Waals surface area (Å²) in [4.78, 5) is 2.38. The number of rotatable bonds is 4. The van der Waals surface area contributed by atoms with Crippen molar-refractivity contribution in [3.8, 4) is 11.5 Å². The van der Waals surface area contributed by atoms with E-state index in [1.165, 1.54) is 16.3 Å². The van der Waals surface area contributed by atoms with E-state index < -0.39 is 0 Å². The van der Waals surface area contributed by atoms with Gasteiger partial charge in [0.05, 0.1) is 37.7 Å². The molecule has 5 rings (SSSR count). The highest BCUT2D eigenvalue weighted by Crippen LogP contribution is 2.36. The van der Waals surface area contributed by atoms with Crippen molar-refractivity contribution in [2.45, 2.75) is 6.04 Å². The van der Waals surface area contributed by atoms with E-state index in [9.17, 15) is 0 Å². The van der Waals surface area contributed by atoms with Gasteiger partial charge in [-0.15, -0.1) is 0 Å². The van der Waals surface area contributed by atoms with Crippen LogP contribution in [0.2, 0.25) is 0 Å². The van der Waals surface area contributed by atoms with Crippen molar-refractivity contribution in [3.63, 3.8) is 0 Å². The lowest BCUT2D eigenvalue weighted by molar-refractivity contribution is 0.355. The van der Waals surface area contributed by atoms with Crippen LogP contribution in [-0.2, 0) is 0 Å². The van der Waals surface area contributed by atoms with Crippen LogP contribution in [0.15, 0.2) is 60.8 Å². The zero-order chi connectivity index (χ0) is 20.5. The number of nitrogens with one attached hydrogen (secondary N) is 1. The second-order valence-corrected chi connectivity index (χ2v) is 7.48. The maximum absolute atomic E-state index is 5.52. The molecule has 0 saturated carbocycles. The number of benzene rings is 3. The number of hydrogen-bond acceptors (Lipinski definition) is 6. The Morgan fingerprint density at radius 1 is 0.967 bits per heavy atom. The standard InChI is InChI=1S/C24H24N4O2/c1-29-23-12-19-20(13-24(23)30-2)27-26-14-22(19)28-11-10-25-21(15-28)18-9-5-7-16-6-3-4-8-17(16)18/h3-9,12-14,21,25H,10-11,15H2,1-2H3. The number of ether oxygens (including phenoxy) is 2. The Labute approximate surface area is 175 Å². The Hall–Kier alpha value is -3.38. The molecule has 0 spiro atoms. The molecule has 1 aliphatic heterocycles. The molecule has 1 unspecified atom stereocenters. The van der Waals surface area contributed by atoms with Crippen LogP contribution in [0, 0.1) is 0 Å². The lowest BCUT2D eigenvalue weighted by Crippen LogP contribution is -2.46. The first-order chi connectivity index (χ1) is 14.8. The second-order valence-electron chi connectivity index (χ2n) is 7.48. The van der Waals surface area contributed by atoms with Gasteiger partial charge in [0.2, 0.25) is 0 Å². The molecule has 1 N–H and O–H groups in total. The largest absolute Gasteiger partial charge is 0.493 e. The van der Waals surface area contributed by atoms with Crippen LogP contribution in [0.4, 0.5) is 5.69 Å². The Morgan fingerprint density at radius 2 is 1.77 bits per heavy atom. The minimum Gasteiger partial charge on any atom is -0.493 e. The molecule has 6 nitrogen and oxygen atoms in total. The first-order valence-corrected chi connectivity index (χ1v) is 10.1. The first kappa shape index (κ1) is 18.6. The van der Waals surface area contributed by atoms with Gasteiger partial charge in [0.25, 0.3) is 0 Å². The van der Waals surface area contributed by atoms with Crippen molar-refractivity contribution >= 4 is 27.4 Å². The Morgan fingerprint density at radius 3 is 2.63 bits per heavy atom. The third-order valence-electron chi connectivity index (χ3n) is 5.84. The molecule has 1 aromatic heterocycles. The topological polar surface area (TPSA) is 59.5 Å². The van der Waals surface area contributed by atoms with Crippen molar-refractivity contribution in [2.24, 2.45) is 0 Å². The van der Waals surface area contributed by atoms with Gasteiger partial charge in [-0.05, 0) is 22.4 Å². The summed E-state index contributed by atoms with van der Waals surface area (Å²) in [7, 11) is 3.28. The molecule has 0 amide bonds. The predicted molar refractivity (Wildman–Crippen MR) is 120 cm³/mol. The summed E-state index contributed by atoms with van der Waals surface area (Å²) in [6.07, 6.45) is 1.85. The lowest BCUT2D eigenvalue weighted by Gasteiger charge is -2.36. The number of fused-ring (bicyclic) bond motifs is 2. The molecule has 1 fully saturated rings. The maximum atomic E-state index is 5.52. The summed E-state index contributed by atoms with van der Waals surface area (Å²) in [6, 6.07) is 19.2. The second kappa shape index (κ2) is 7.80. The third kappa shape index (κ3) is 3.19. The van der Waals surface area contributed by atoms with Crippen LogP contribution in [0.5, 0.6) is 11.5 Å². The molecule has 4 aromatic rings. The van der Waals surface area contributed by atoms with E-state index in [4.69, 9.17) is 9.47 Å². The fraction of sp³-hybridized carbons (Fsp3) is 0.250. The predicted octanol–water partition coefficient (Wildman–Crippen LogP) is 3.95. The minimum atomic E-state index is 0.230. The van der Waals surface area contributed by atoms with Gasteiger partial charge < -0.3 is 19.7 Å². The average Bonchev–Trinajstić information content (AvgIpc) is 2.82. The third-order valence-corrected chi connectivity index (χ3v) is 5.84. The molecule has 3 aromatic carbocycles. The Bertz CT molecular complexity index is 1210. The molecule has 1 saturated heterocycles. The van der Waals surface area contributed by atoms with Gasteiger partial charge >= 0.3 is 0 Å². The van der Waals surface area contributed by atoms with Gasteiger partial charge in [0.1, 0.15) is 0 Å². The number of anilines is 1. The van der Waals surface area contributed by atoms with Gasteiger partial charge in [-0.1, -0.05) is 42.5 Å². The molecule has 152 valence electrons. The van der Waals surface area contributed by atoms with E-state index in [0.29, 0.717) is 11.5 Å². The molecule has 1 atom stereocenters. The van der Waals surface area contributed by atoms with Crippen LogP contribution in [0.1, 0.15) is 11.6 Å². The van der Waals surface area contributed by atoms with Crippen molar-refractivity contribution in [1.82, 2.24) is 15.5 Å². The number of aromatic nitrogens is 2. The normalized spacial score (nSPS) is 16.7. The Balaban J connectivity index is 1.54. The SMILES string of the molecule is COc1cc2nncc(N3CCNC(c4cccc5ccccc45)C3)c2cc1OC. The molecule has 30 heavy (non-hydrogen) atoms. The van der Waals surface area contributed by atoms with E-state index in [0.717, 1.165) is 36.2 Å². The smallest absolute Gasteiger partial charge is 0.162 e. The molecule has 0 aliphatic carbocycles. The summed E-state index contributed by atoms with van der Waals surface area (Å²) in [5, 5.41) is 15.8. The summed E-state index contributed by atoms with van der Waals surface area (Å²) in [6.45, 7) is 2.64. The molecule has 0 radical (unpaired) electrons. The first-order valence-electron chi connectivity index (χ1n) is 10.1. The van der Waals surface area contributed by atoms with Crippen LogP contribution < -0.4 is 19.7 Å². The van der Waals surface area contributed by atoms with Crippen molar-refractivity contribution in [3.05, 3.63) is 66.4 Å². The molecular formula is C24H24N4O2. The highest BCUT2D eigenvalue weighted by Gasteiger charge is 2.24. The molecule has 6 heteroatoms. The highest BCUT2D eigenvalue weighted by atomic mass is 16.5.